The fourth-order valence-electron chi connectivity index (χ4n) is 2.81. The zero-order valence-corrected chi connectivity index (χ0v) is 17.2. The van der Waals surface area contributed by atoms with Crippen LogP contribution in [0.25, 0.3) is 11.6 Å². The van der Waals surface area contributed by atoms with Crippen molar-refractivity contribution in [2.24, 2.45) is 0 Å². The smallest absolute Gasteiger partial charge is 0.234 e. The molecule has 0 saturated heterocycles. The molecule has 0 aliphatic rings. The van der Waals surface area contributed by atoms with Crippen LogP contribution in [0.2, 0.25) is 5.02 Å². The number of nitrogens with zero attached hydrogens (tertiary/aromatic N) is 3. The summed E-state index contributed by atoms with van der Waals surface area (Å²) in [6, 6.07) is 17.9. The molecule has 0 unspecified atom stereocenters. The molecule has 0 saturated carbocycles. The minimum atomic E-state index is -0.662. The highest BCUT2D eigenvalue weighted by molar-refractivity contribution is 7.99. The number of hydrogen-bond acceptors (Lipinski definition) is 5. The lowest BCUT2D eigenvalue weighted by atomic mass is 10.2. The molecule has 6 nitrogen and oxygen atoms in total. The maximum atomic E-state index is 14.0. The summed E-state index contributed by atoms with van der Waals surface area (Å²) in [7, 11) is 0. The molecule has 9 heteroatoms. The Labute approximate surface area is 181 Å². The van der Waals surface area contributed by atoms with Gasteiger partial charge in [0.05, 0.1) is 29.3 Å². The third-order valence-electron chi connectivity index (χ3n) is 4.20. The Balaban J connectivity index is 1.52. The summed E-state index contributed by atoms with van der Waals surface area (Å²) in [6.45, 7) is 0.511. The molecule has 4 rings (SSSR count). The van der Waals surface area contributed by atoms with E-state index in [1.54, 1.807) is 24.5 Å². The van der Waals surface area contributed by atoms with Gasteiger partial charge in [-0.2, -0.15) is 0 Å². The average molecular weight is 443 g/mol. The lowest BCUT2D eigenvalue weighted by molar-refractivity contribution is -0.113. The quantitative estimate of drug-likeness (QED) is 0.402. The van der Waals surface area contributed by atoms with Crippen LogP contribution in [0, 0.1) is 5.82 Å². The van der Waals surface area contributed by atoms with Gasteiger partial charge in [-0.05, 0) is 29.8 Å². The van der Waals surface area contributed by atoms with Crippen molar-refractivity contribution in [2.45, 2.75) is 11.7 Å². The molecule has 0 radical (unpaired) electrons. The number of hydrogen-bond donors (Lipinski definition) is 1. The topological polar surface area (TPSA) is 73.0 Å². The van der Waals surface area contributed by atoms with Crippen molar-refractivity contribution in [3.8, 4) is 11.6 Å². The summed E-state index contributed by atoms with van der Waals surface area (Å²) in [5.41, 5.74) is 1.09. The van der Waals surface area contributed by atoms with Gasteiger partial charge < -0.3 is 9.73 Å². The average Bonchev–Trinajstić information content (AvgIpc) is 3.41. The monoisotopic (exact) mass is 442 g/mol. The Morgan fingerprint density at radius 3 is 2.70 bits per heavy atom. The number of furan rings is 1. The Morgan fingerprint density at radius 1 is 1.10 bits per heavy atom. The van der Waals surface area contributed by atoms with E-state index >= 15 is 0 Å². The van der Waals surface area contributed by atoms with Gasteiger partial charge in [-0.3, -0.25) is 9.36 Å². The predicted molar refractivity (Wildman–Crippen MR) is 114 cm³/mol. The summed E-state index contributed by atoms with van der Waals surface area (Å²) in [5, 5.41) is 11.5. The van der Waals surface area contributed by atoms with Crippen molar-refractivity contribution in [3.05, 3.63) is 83.3 Å². The van der Waals surface area contributed by atoms with Crippen molar-refractivity contribution < 1.29 is 13.6 Å². The SMILES string of the molecule is O=C(CSc1nnc(-c2ccco2)n1Cc1ccccc1)Nc1cccc(Cl)c1F. The van der Waals surface area contributed by atoms with Crippen LogP contribution in [0.5, 0.6) is 0 Å². The number of thioether (sulfide) groups is 1. The first-order valence-corrected chi connectivity index (χ1v) is 10.4. The maximum absolute atomic E-state index is 14.0. The fraction of sp³-hybridized carbons (Fsp3) is 0.0952. The van der Waals surface area contributed by atoms with Gasteiger partial charge >= 0.3 is 0 Å². The highest BCUT2D eigenvalue weighted by Gasteiger charge is 2.18. The molecule has 0 spiro atoms. The van der Waals surface area contributed by atoms with E-state index in [0.29, 0.717) is 23.3 Å². The number of carbonyl (C=O) groups excluding carboxylic acids is 1. The van der Waals surface area contributed by atoms with E-state index in [9.17, 15) is 9.18 Å². The van der Waals surface area contributed by atoms with Crippen LogP contribution in [0.15, 0.2) is 76.5 Å². The first-order valence-electron chi connectivity index (χ1n) is 8.99. The lowest BCUT2D eigenvalue weighted by Gasteiger charge is -2.10. The minimum absolute atomic E-state index is 0.0248. The number of nitrogens with one attached hydrogen (secondary N) is 1. The van der Waals surface area contributed by atoms with Gasteiger partial charge in [-0.15, -0.1) is 10.2 Å². The number of benzene rings is 2. The van der Waals surface area contributed by atoms with Crippen molar-refractivity contribution >= 4 is 35.0 Å². The highest BCUT2D eigenvalue weighted by atomic mass is 35.5. The van der Waals surface area contributed by atoms with Crippen molar-refractivity contribution in [2.75, 3.05) is 11.1 Å². The molecule has 0 fully saturated rings. The molecule has 2 heterocycles. The first-order chi connectivity index (χ1) is 14.6. The van der Waals surface area contributed by atoms with Crippen molar-refractivity contribution in [1.82, 2.24) is 14.8 Å². The first kappa shape index (κ1) is 20.2. The number of amides is 1. The van der Waals surface area contributed by atoms with E-state index in [4.69, 9.17) is 16.0 Å². The van der Waals surface area contributed by atoms with E-state index < -0.39 is 5.82 Å². The number of rotatable bonds is 7. The Morgan fingerprint density at radius 2 is 1.93 bits per heavy atom. The van der Waals surface area contributed by atoms with Gasteiger partial charge in [0.1, 0.15) is 0 Å². The van der Waals surface area contributed by atoms with E-state index in [0.717, 1.165) is 5.56 Å². The summed E-state index contributed by atoms with van der Waals surface area (Å²) in [4.78, 5) is 12.3. The van der Waals surface area contributed by atoms with Gasteiger partial charge in [-0.25, -0.2) is 4.39 Å². The van der Waals surface area contributed by atoms with Crippen LogP contribution < -0.4 is 5.32 Å². The van der Waals surface area contributed by atoms with Crippen LogP contribution >= 0.6 is 23.4 Å². The van der Waals surface area contributed by atoms with Gasteiger partial charge in [-0.1, -0.05) is 59.8 Å². The second-order valence-electron chi connectivity index (χ2n) is 6.29. The number of anilines is 1. The van der Waals surface area contributed by atoms with Gasteiger partial charge in [0, 0.05) is 0 Å². The van der Waals surface area contributed by atoms with Crippen LogP contribution in [0.3, 0.4) is 0 Å². The summed E-state index contributed by atoms with van der Waals surface area (Å²) in [5.74, 6) is 0.125. The van der Waals surface area contributed by atoms with Gasteiger partial charge in [0.15, 0.2) is 16.7 Å². The van der Waals surface area contributed by atoms with E-state index in [1.807, 2.05) is 34.9 Å². The molecule has 0 aliphatic carbocycles. The second-order valence-corrected chi connectivity index (χ2v) is 7.64. The lowest BCUT2D eigenvalue weighted by Crippen LogP contribution is -2.16. The number of carbonyl (C=O) groups is 1. The van der Waals surface area contributed by atoms with Gasteiger partial charge in [0.2, 0.25) is 11.7 Å². The Kier molecular flexibility index (Phi) is 6.15. The normalized spacial score (nSPS) is 10.9. The van der Waals surface area contributed by atoms with Gasteiger partial charge in [0.25, 0.3) is 0 Å². The molecule has 0 bridgehead atoms. The summed E-state index contributed by atoms with van der Waals surface area (Å²) < 4.78 is 21.4. The zero-order valence-electron chi connectivity index (χ0n) is 15.6. The largest absolute Gasteiger partial charge is 0.461 e. The Hall–Kier alpha value is -3.10. The number of halogens is 2. The molecular formula is C21H16ClFN4O2S. The third-order valence-corrected chi connectivity index (χ3v) is 5.46. The second kappa shape index (κ2) is 9.15. The zero-order chi connectivity index (χ0) is 20.9. The van der Waals surface area contributed by atoms with E-state index in [2.05, 4.69) is 15.5 Å². The van der Waals surface area contributed by atoms with Crippen LogP contribution in [0.4, 0.5) is 10.1 Å². The molecular weight excluding hydrogens is 427 g/mol. The van der Waals surface area contributed by atoms with E-state index in [-0.39, 0.29) is 22.4 Å². The van der Waals surface area contributed by atoms with Crippen LogP contribution in [-0.4, -0.2) is 26.4 Å². The molecule has 30 heavy (non-hydrogen) atoms. The highest BCUT2D eigenvalue weighted by Crippen LogP contribution is 2.26. The summed E-state index contributed by atoms with van der Waals surface area (Å²) in [6.07, 6.45) is 1.57. The number of aromatic nitrogens is 3. The third kappa shape index (κ3) is 4.55. The van der Waals surface area contributed by atoms with Crippen molar-refractivity contribution in [1.29, 1.82) is 0 Å². The molecule has 2 aromatic heterocycles. The molecule has 0 atom stereocenters. The Bertz CT molecular complexity index is 1150. The molecule has 4 aromatic rings. The van der Waals surface area contributed by atoms with Crippen molar-refractivity contribution in [3.63, 3.8) is 0 Å². The molecule has 0 aliphatic heterocycles. The molecule has 1 N–H and O–H groups in total. The molecule has 2 aromatic carbocycles. The van der Waals surface area contributed by atoms with Crippen LogP contribution in [0.1, 0.15) is 5.56 Å². The van der Waals surface area contributed by atoms with E-state index in [1.165, 1.54) is 23.9 Å². The molecule has 1 amide bonds. The molecule has 152 valence electrons. The standard InChI is InChI=1S/C21H16ClFN4O2S/c22-15-8-4-9-16(19(15)23)24-18(28)13-30-21-26-25-20(17-10-5-11-29-17)27(21)12-14-6-2-1-3-7-14/h1-11H,12-13H2,(H,24,28). The predicted octanol–water partition coefficient (Wildman–Crippen LogP) is 5.11. The fourth-order valence-corrected chi connectivity index (χ4v) is 3.72. The summed E-state index contributed by atoms with van der Waals surface area (Å²) >= 11 is 6.96. The van der Waals surface area contributed by atoms with Crippen LogP contribution in [-0.2, 0) is 11.3 Å². The minimum Gasteiger partial charge on any atom is -0.461 e. The maximum Gasteiger partial charge on any atom is 0.234 e.